The van der Waals surface area contributed by atoms with Gasteiger partial charge < -0.3 is 24.2 Å². The lowest BCUT2D eigenvalue weighted by molar-refractivity contribution is -0.161. The molecule has 0 aliphatic rings. The number of rotatable bonds is 48. The molecule has 3 atom stereocenters. The minimum Gasteiger partial charge on any atom is -0.462 e. The van der Waals surface area contributed by atoms with Gasteiger partial charge in [0, 0.05) is 19.3 Å². The fraction of sp³-hybridized carbons (Fsp3) is 0.583. The Kier molecular flexibility index (Phi) is 49.7. The molecule has 2 N–H and O–H groups in total. The van der Waals surface area contributed by atoms with Crippen LogP contribution >= 0.6 is 7.82 Å². The van der Waals surface area contributed by atoms with E-state index in [1.807, 2.05) is 12.2 Å². The fourth-order valence-electron chi connectivity index (χ4n) is 6.47. The van der Waals surface area contributed by atoms with Crippen molar-refractivity contribution in [2.75, 3.05) is 26.4 Å². The Bertz CT molecular complexity index is 1710. The van der Waals surface area contributed by atoms with Crippen molar-refractivity contribution in [2.45, 2.75) is 200 Å². The van der Waals surface area contributed by atoms with Gasteiger partial charge in [0.05, 0.1) is 19.8 Å². The van der Waals surface area contributed by atoms with Gasteiger partial charge in [0.15, 0.2) is 6.10 Å². The van der Waals surface area contributed by atoms with Crippen LogP contribution in [0.2, 0.25) is 0 Å². The second-order valence-corrected chi connectivity index (χ2v) is 18.7. The lowest BCUT2D eigenvalue weighted by Gasteiger charge is -2.21. The van der Waals surface area contributed by atoms with E-state index in [1.54, 1.807) is 0 Å². The van der Waals surface area contributed by atoms with E-state index >= 15 is 0 Å². The molecule has 0 aromatic rings. The zero-order valence-corrected chi connectivity index (χ0v) is 45.5. The number of carbonyl (C=O) groups excluding carboxylic acids is 3. The minimum atomic E-state index is -4.78. The number of esters is 3. The van der Waals surface area contributed by atoms with Crippen molar-refractivity contribution in [1.82, 2.24) is 0 Å². The molecule has 0 rings (SSSR count). The molecule has 0 aliphatic carbocycles. The molecule has 0 aliphatic heterocycles. The zero-order valence-electron chi connectivity index (χ0n) is 44.6. The molecule has 0 bridgehead atoms. The first-order valence-electron chi connectivity index (χ1n) is 27.1. The quantitative estimate of drug-likeness (QED) is 0.0197. The van der Waals surface area contributed by atoms with E-state index in [2.05, 4.69) is 142 Å². The van der Waals surface area contributed by atoms with Crippen molar-refractivity contribution in [3.05, 3.63) is 134 Å². The maximum Gasteiger partial charge on any atom is 0.472 e. The number of phosphoric acid groups is 1. The third-order valence-electron chi connectivity index (χ3n) is 10.6. The summed E-state index contributed by atoms with van der Waals surface area (Å²) in [5.74, 6) is -1.65. The van der Waals surface area contributed by atoms with Crippen LogP contribution in [0.5, 0.6) is 0 Å². The molecule has 12 heteroatoms. The fourth-order valence-corrected chi connectivity index (χ4v) is 7.25. The number of phosphoric ester groups is 1. The third kappa shape index (κ3) is 50.6. The van der Waals surface area contributed by atoms with Gasteiger partial charge in [0.1, 0.15) is 12.7 Å². The van der Waals surface area contributed by atoms with Crippen LogP contribution in [0.25, 0.3) is 0 Å². The van der Waals surface area contributed by atoms with Gasteiger partial charge in [-0.15, -0.1) is 0 Å². The molecular weight excluding hydrogens is 928 g/mol. The highest BCUT2D eigenvalue weighted by Crippen LogP contribution is 2.43. The largest absolute Gasteiger partial charge is 0.472 e. The maximum atomic E-state index is 12.9. The monoisotopic (exact) mass is 1020 g/mol. The van der Waals surface area contributed by atoms with Crippen molar-refractivity contribution >= 4 is 25.7 Å². The molecule has 0 heterocycles. The average molecular weight is 1020 g/mol. The Morgan fingerprint density at radius 2 is 0.750 bits per heavy atom. The van der Waals surface area contributed by atoms with Crippen molar-refractivity contribution < 1.29 is 52.2 Å². The summed E-state index contributed by atoms with van der Waals surface area (Å²) in [6.45, 7) is 4.19. The summed E-state index contributed by atoms with van der Waals surface area (Å²) in [5.41, 5.74) is 0. The van der Waals surface area contributed by atoms with E-state index < -0.39 is 64.4 Å². The number of hydrogen-bond acceptors (Lipinski definition) is 10. The van der Waals surface area contributed by atoms with Gasteiger partial charge in [-0.2, -0.15) is 0 Å². The van der Waals surface area contributed by atoms with Crippen LogP contribution in [0.3, 0.4) is 0 Å². The van der Waals surface area contributed by atoms with Crippen LogP contribution in [-0.2, 0) is 42.2 Å². The average Bonchev–Trinajstić information content (AvgIpc) is 3.37. The van der Waals surface area contributed by atoms with Crippen LogP contribution < -0.4 is 0 Å². The molecule has 0 saturated heterocycles. The molecule has 0 saturated carbocycles. The highest BCUT2D eigenvalue weighted by molar-refractivity contribution is 7.47. The predicted octanol–water partition coefficient (Wildman–Crippen LogP) is 15.8. The SMILES string of the molecule is CC/C=C\C/C=C\C/C=C\C/C=C\C/C=C\C/C=C\CCC(=O)OC(COC(=O)CCCC/C=C\C/C=C\C/C=C\C/C=C\CC)COP(=O)(O)OCC(CO)OC(=O)CCCCCCC/C=C\CCCC. The number of aliphatic hydroxyl groups is 1. The molecule has 0 radical (unpaired) electrons. The van der Waals surface area contributed by atoms with Gasteiger partial charge in [-0.3, -0.25) is 23.4 Å². The van der Waals surface area contributed by atoms with Gasteiger partial charge in [0.2, 0.25) is 0 Å². The smallest absolute Gasteiger partial charge is 0.462 e. The van der Waals surface area contributed by atoms with E-state index in [4.69, 9.17) is 23.3 Å². The van der Waals surface area contributed by atoms with Crippen LogP contribution in [0, 0.1) is 0 Å². The number of ether oxygens (including phenoxy) is 3. The van der Waals surface area contributed by atoms with E-state index in [1.165, 1.54) is 12.8 Å². The van der Waals surface area contributed by atoms with Gasteiger partial charge >= 0.3 is 25.7 Å². The first-order valence-corrected chi connectivity index (χ1v) is 28.6. The predicted molar refractivity (Wildman–Crippen MR) is 297 cm³/mol. The summed E-state index contributed by atoms with van der Waals surface area (Å²) in [6, 6.07) is 0. The summed E-state index contributed by atoms with van der Waals surface area (Å²) >= 11 is 0. The number of hydrogen-bond donors (Lipinski definition) is 2. The van der Waals surface area contributed by atoms with Crippen LogP contribution in [0.1, 0.15) is 188 Å². The molecular formula is C60H95O11P. The number of carbonyl (C=O) groups is 3. The molecule has 3 unspecified atom stereocenters. The van der Waals surface area contributed by atoms with Crippen LogP contribution in [0.4, 0.5) is 0 Å². The molecule has 72 heavy (non-hydrogen) atoms. The Labute approximate surface area is 436 Å². The van der Waals surface area contributed by atoms with Gasteiger partial charge in [-0.1, -0.05) is 187 Å². The van der Waals surface area contributed by atoms with E-state index in [-0.39, 0.29) is 19.3 Å². The molecule has 0 aromatic heterocycles. The van der Waals surface area contributed by atoms with Crippen molar-refractivity contribution in [3.8, 4) is 0 Å². The topological polar surface area (TPSA) is 155 Å². The Morgan fingerprint density at radius 3 is 1.24 bits per heavy atom. The van der Waals surface area contributed by atoms with Gasteiger partial charge in [-0.05, 0) is 116 Å². The first-order chi connectivity index (χ1) is 35.2. The van der Waals surface area contributed by atoms with Crippen molar-refractivity contribution in [1.29, 1.82) is 0 Å². The lowest BCUT2D eigenvalue weighted by atomic mass is 10.1. The number of aliphatic hydroxyl groups excluding tert-OH is 1. The van der Waals surface area contributed by atoms with E-state index in [0.29, 0.717) is 25.7 Å². The first kappa shape index (κ1) is 67.6. The standard InChI is InChI=1S/C60H95O11P/c1-4-7-10-13-16-19-22-24-26-27-28-29-31-33-36-39-42-45-48-51-60(64)71-57(53-67-58(62)49-46-43-40-37-35-32-30-25-23-20-17-14-11-8-5-2)55-69-72(65,66)68-54-56(52-61)70-59(63)50-47-44-41-38-34-21-18-15-12-9-6-3/h7-8,10-11,15-20,24-26,28-30,33,35-37,42,45,56-57,61H,4-6,9,12-14,21-23,27,31-32,34,38-41,43-44,46-55H2,1-3H3,(H,65,66)/b10-7-,11-8-,18-15-,19-16-,20-17-,26-24-,29-28-,30-25-,36-33-,37-35-,45-42-. The number of allylic oxidation sites excluding steroid dienone is 22. The maximum absolute atomic E-state index is 12.9. The summed E-state index contributed by atoms with van der Waals surface area (Å²) in [5, 5.41) is 9.77. The summed E-state index contributed by atoms with van der Waals surface area (Å²) in [6.07, 6.45) is 65.8. The van der Waals surface area contributed by atoms with Gasteiger partial charge in [-0.25, -0.2) is 4.57 Å². The summed E-state index contributed by atoms with van der Waals surface area (Å²) in [4.78, 5) is 48.3. The Balaban J connectivity index is 4.95. The van der Waals surface area contributed by atoms with E-state index in [9.17, 15) is 28.9 Å². The molecule has 0 fully saturated rings. The summed E-state index contributed by atoms with van der Waals surface area (Å²) in [7, 11) is -4.78. The third-order valence-corrected chi connectivity index (χ3v) is 11.5. The normalized spacial score (nSPS) is 14.5. The Hall–Kier alpha value is -4.38. The molecule has 0 aromatic carbocycles. The molecule has 406 valence electrons. The second kappa shape index (κ2) is 52.9. The van der Waals surface area contributed by atoms with Crippen molar-refractivity contribution in [2.24, 2.45) is 0 Å². The van der Waals surface area contributed by atoms with Crippen LogP contribution in [0.15, 0.2) is 134 Å². The molecule has 0 amide bonds. The highest BCUT2D eigenvalue weighted by atomic mass is 31.2. The minimum absolute atomic E-state index is 0.0253. The Morgan fingerprint density at radius 1 is 0.403 bits per heavy atom. The molecule has 11 nitrogen and oxygen atoms in total. The lowest BCUT2D eigenvalue weighted by Crippen LogP contribution is -2.30. The van der Waals surface area contributed by atoms with Crippen molar-refractivity contribution in [3.63, 3.8) is 0 Å². The zero-order chi connectivity index (χ0) is 52.7. The highest BCUT2D eigenvalue weighted by Gasteiger charge is 2.28. The second-order valence-electron chi connectivity index (χ2n) is 17.3. The summed E-state index contributed by atoms with van der Waals surface area (Å²) < 4.78 is 39.3. The van der Waals surface area contributed by atoms with Gasteiger partial charge in [0.25, 0.3) is 0 Å². The van der Waals surface area contributed by atoms with Crippen LogP contribution in [-0.4, -0.2) is 66.5 Å². The molecule has 0 spiro atoms. The number of unbranched alkanes of at least 4 members (excludes halogenated alkanes) is 9. The van der Waals surface area contributed by atoms with E-state index in [0.717, 1.165) is 109 Å².